The van der Waals surface area contributed by atoms with Crippen molar-refractivity contribution in [3.8, 4) is 0 Å². The fraction of sp³-hybridized carbons (Fsp3) is 0.0714. The van der Waals surface area contributed by atoms with Crippen molar-refractivity contribution in [1.82, 2.24) is 10.3 Å². The highest BCUT2D eigenvalue weighted by Crippen LogP contribution is 2.17. The SMILES string of the molecule is Cc1nonc1NC(=O)c1ccc2ccccc2c1. The Morgan fingerprint density at radius 2 is 1.89 bits per heavy atom. The Labute approximate surface area is 109 Å². The van der Waals surface area contributed by atoms with Gasteiger partial charge in [0.1, 0.15) is 5.69 Å². The maximum absolute atomic E-state index is 12.1. The molecule has 0 spiro atoms. The maximum atomic E-state index is 12.1. The topological polar surface area (TPSA) is 68.0 Å². The van der Waals surface area contributed by atoms with E-state index in [1.54, 1.807) is 13.0 Å². The average molecular weight is 253 g/mol. The Hall–Kier alpha value is -2.69. The van der Waals surface area contributed by atoms with E-state index in [0.29, 0.717) is 17.1 Å². The molecule has 0 aliphatic heterocycles. The van der Waals surface area contributed by atoms with Gasteiger partial charge in [0, 0.05) is 5.56 Å². The van der Waals surface area contributed by atoms with Crippen molar-refractivity contribution in [3.63, 3.8) is 0 Å². The molecule has 3 aromatic rings. The first-order valence-electron chi connectivity index (χ1n) is 5.83. The van der Waals surface area contributed by atoms with Gasteiger partial charge < -0.3 is 5.32 Å². The van der Waals surface area contributed by atoms with E-state index in [0.717, 1.165) is 10.8 Å². The number of carbonyl (C=O) groups excluding carboxylic acids is 1. The number of nitrogens with zero attached hydrogens (tertiary/aromatic N) is 2. The van der Waals surface area contributed by atoms with E-state index in [9.17, 15) is 4.79 Å². The molecule has 94 valence electrons. The first-order valence-corrected chi connectivity index (χ1v) is 5.83. The summed E-state index contributed by atoms with van der Waals surface area (Å²) in [5, 5.41) is 12.0. The van der Waals surface area contributed by atoms with Crippen LogP contribution >= 0.6 is 0 Å². The molecule has 0 radical (unpaired) electrons. The lowest BCUT2D eigenvalue weighted by Gasteiger charge is -2.03. The zero-order chi connectivity index (χ0) is 13.2. The van der Waals surface area contributed by atoms with Gasteiger partial charge in [-0.1, -0.05) is 35.5 Å². The highest BCUT2D eigenvalue weighted by molar-refractivity contribution is 6.06. The molecule has 1 amide bonds. The van der Waals surface area contributed by atoms with Crippen LogP contribution in [0.3, 0.4) is 0 Å². The Balaban J connectivity index is 1.91. The monoisotopic (exact) mass is 253 g/mol. The van der Waals surface area contributed by atoms with Gasteiger partial charge in [-0.05, 0) is 35.0 Å². The van der Waals surface area contributed by atoms with Gasteiger partial charge in [0.05, 0.1) is 0 Å². The molecule has 0 bridgehead atoms. The first kappa shape index (κ1) is 11.4. The summed E-state index contributed by atoms with van der Waals surface area (Å²) in [4.78, 5) is 12.1. The van der Waals surface area contributed by atoms with Crippen LogP contribution in [0.1, 0.15) is 16.1 Å². The summed E-state index contributed by atoms with van der Waals surface area (Å²) in [6, 6.07) is 13.4. The summed E-state index contributed by atoms with van der Waals surface area (Å²) >= 11 is 0. The van der Waals surface area contributed by atoms with E-state index in [2.05, 4.69) is 20.3 Å². The van der Waals surface area contributed by atoms with Gasteiger partial charge in [-0.2, -0.15) is 0 Å². The van der Waals surface area contributed by atoms with Crippen molar-refractivity contribution in [1.29, 1.82) is 0 Å². The normalized spacial score (nSPS) is 10.6. The number of carbonyl (C=O) groups is 1. The Morgan fingerprint density at radius 1 is 1.11 bits per heavy atom. The van der Waals surface area contributed by atoms with Crippen molar-refractivity contribution in [2.75, 3.05) is 5.32 Å². The second-order valence-corrected chi connectivity index (χ2v) is 4.21. The number of aryl methyl sites for hydroxylation is 1. The highest BCUT2D eigenvalue weighted by atomic mass is 16.6. The molecule has 19 heavy (non-hydrogen) atoms. The lowest BCUT2D eigenvalue weighted by Crippen LogP contribution is -2.12. The van der Waals surface area contributed by atoms with Crippen molar-refractivity contribution in [2.24, 2.45) is 0 Å². The number of nitrogens with one attached hydrogen (secondary N) is 1. The van der Waals surface area contributed by atoms with Crippen LogP contribution in [0, 0.1) is 6.92 Å². The largest absolute Gasteiger partial charge is 0.302 e. The number of hydrogen-bond acceptors (Lipinski definition) is 4. The van der Waals surface area contributed by atoms with E-state index in [1.807, 2.05) is 36.4 Å². The zero-order valence-corrected chi connectivity index (χ0v) is 10.3. The minimum atomic E-state index is -0.232. The summed E-state index contributed by atoms with van der Waals surface area (Å²) in [6.45, 7) is 1.71. The Kier molecular flexibility index (Phi) is 2.72. The van der Waals surface area contributed by atoms with Gasteiger partial charge in [0.15, 0.2) is 0 Å². The van der Waals surface area contributed by atoms with Crippen LogP contribution in [0.4, 0.5) is 5.82 Å². The summed E-state index contributed by atoms with van der Waals surface area (Å²) in [7, 11) is 0. The van der Waals surface area contributed by atoms with Crippen molar-refractivity contribution < 1.29 is 9.42 Å². The van der Waals surface area contributed by atoms with Crippen LogP contribution in [-0.2, 0) is 0 Å². The van der Waals surface area contributed by atoms with Crippen molar-refractivity contribution in [2.45, 2.75) is 6.92 Å². The number of benzene rings is 2. The molecule has 2 aromatic carbocycles. The van der Waals surface area contributed by atoms with Crippen molar-refractivity contribution >= 4 is 22.5 Å². The molecular weight excluding hydrogens is 242 g/mol. The molecule has 5 nitrogen and oxygen atoms in total. The second kappa shape index (κ2) is 4.53. The van der Waals surface area contributed by atoms with Crippen LogP contribution in [0.2, 0.25) is 0 Å². The molecule has 0 unspecified atom stereocenters. The number of anilines is 1. The van der Waals surface area contributed by atoms with Crippen LogP contribution in [-0.4, -0.2) is 16.2 Å². The third-order valence-electron chi connectivity index (χ3n) is 2.90. The molecule has 0 aliphatic carbocycles. The van der Waals surface area contributed by atoms with E-state index in [4.69, 9.17) is 0 Å². The summed E-state index contributed by atoms with van der Waals surface area (Å²) in [5.41, 5.74) is 1.12. The Bertz CT molecular complexity index is 749. The minimum Gasteiger partial charge on any atom is -0.302 e. The predicted molar refractivity (Wildman–Crippen MR) is 70.9 cm³/mol. The quantitative estimate of drug-likeness (QED) is 0.762. The molecule has 1 aromatic heterocycles. The van der Waals surface area contributed by atoms with Crippen molar-refractivity contribution in [3.05, 3.63) is 53.7 Å². The van der Waals surface area contributed by atoms with Crippen LogP contribution in [0.15, 0.2) is 47.1 Å². The van der Waals surface area contributed by atoms with E-state index >= 15 is 0 Å². The third kappa shape index (κ3) is 2.18. The zero-order valence-electron chi connectivity index (χ0n) is 10.3. The lowest BCUT2D eigenvalue weighted by atomic mass is 10.1. The maximum Gasteiger partial charge on any atom is 0.256 e. The number of hydrogen-bond donors (Lipinski definition) is 1. The van der Waals surface area contributed by atoms with Crippen LogP contribution in [0.25, 0.3) is 10.8 Å². The van der Waals surface area contributed by atoms with E-state index in [1.165, 1.54) is 0 Å². The van der Waals surface area contributed by atoms with Crippen LogP contribution < -0.4 is 5.32 Å². The number of rotatable bonds is 2. The van der Waals surface area contributed by atoms with Gasteiger partial charge in [-0.15, -0.1) is 0 Å². The average Bonchev–Trinajstić information content (AvgIpc) is 2.84. The fourth-order valence-corrected chi connectivity index (χ4v) is 1.86. The smallest absolute Gasteiger partial charge is 0.256 e. The minimum absolute atomic E-state index is 0.232. The second-order valence-electron chi connectivity index (χ2n) is 4.21. The number of aromatic nitrogens is 2. The van der Waals surface area contributed by atoms with Gasteiger partial charge in [-0.25, -0.2) is 4.63 Å². The lowest BCUT2D eigenvalue weighted by molar-refractivity contribution is 0.102. The third-order valence-corrected chi connectivity index (χ3v) is 2.90. The standard InChI is InChI=1S/C14H11N3O2/c1-9-13(17-19-16-9)15-14(18)12-7-6-10-4-2-3-5-11(10)8-12/h2-8H,1H3,(H,15,17,18). The van der Waals surface area contributed by atoms with E-state index in [-0.39, 0.29) is 5.91 Å². The molecule has 0 aliphatic rings. The molecule has 0 saturated carbocycles. The Morgan fingerprint density at radius 3 is 2.63 bits per heavy atom. The molecule has 0 fully saturated rings. The van der Waals surface area contributed by atoms with Gasteiger partial charge in [-0.3, -0.25) is 4.79 Å². The first-order chi connectivity index (χ1) is 9.24. The van der Waals surface area contributed by atoms with Crippen LogP contribution in [0.5, 0.6) is 0 Å². The number of amides is 1. The summed E-state index contributed by atoms with van der Waals surface area (Å²) in [5.74, 6) is 0.114. The molecule has 1 N–H and O–H groups in total. The molecule has 0 atom stereocenters. The number of fused-ring (bicyclic) bond motifs is 1. The molecule has 3 rings (SSSR count). The molecular formula is C14H11N3O2. The highest BCUT2D eigenvalue weighted by Gasteiger charge is 2.11. The molecule has 0 saturated heterocycles. The summed E-state index contributed by atoms with van der Waals surface area (Å²) in [6.07, 6.45) is 0. The molecule has 5 heteroatoms. The van der Waals surface area contributed by atoms with Gasteiger partial charge >= 0.3 is 0 Å². The van der Waals surface area contributed by atoms with Gasteiger partial charge in [0.2, 0.25) is 5.82 Å². The van der Waals surface area contributed by atoms with Gasteiger partial charge in [0.25, 0.3) is 5.91 Å². The predicted octanol–water partition coefficient (Wildman–Crippen LogP) is 2.78. The summed E-state index contributed by atoms with van der Waals surface area (Å²) < 4.78 is 4.54. The fourth-order valence-electron chi connectivity index (χ4n) is 1.86. The van der Waals surface area contributed by atoms with E-state index < -0.39 is 0 Å². The molecule has 1 heterocycles.